The third-order valence-electron chi connectivity index (χ3n) is 4.74. The van der Waals surface area contributed by atoms with Gasteiger partial charge in [-0.25, -0.2) is 4.79 Å². The predicted molar refractivity (Wildman–Crippen MR) is 106 cm³/mol. The predicted octanol–water partition coefficient (Wildman–Crippen LogP) is 3.62. The Bertz CT molecular complexity index is 865. The smallest absolute Gasteiger partial charge is 0.337 e. The summed E-state index contributed by atoms with van der Waals surface area (Å²) in [5, 5.41) is 3.43. The first-order chi connectivity index (χ1) is 13.5. The fourth-order valence-electron chi connectivity index (χ4n) is 3.20. The van der Waals surface area contributed by atoms with Crippen LogP contribution in [0.3, 0.4) is 0 Å². The number of carbonyl (C=O) groups is 3. The number of rotatable bonds is 4. The van der Waals surface area contributed by atoms with E-state index in [-0.39, 0.29) is 17.7 Å². The lowest BCUT2D eigenvalue weighted by Gasteiger charge is -2.32. The van der Waals surface area contributed by atoms with Gasteiger partial charge in [-0.05, 0) is 61.4 Å². The minimum absolute atomic E-state index is 0.100. The Morgan fingerprint density at radius 2 is 1.68 bits per heavy atom. The molecule has 0 radical (unpaired) electrons. The number of anilines is 1. The summed E-state index contributed by atoms with van der Waals surface area (Å²) in [5.41, 5.74) is 1.57. The molecule has 0 aliphatic carbocycles. The first-order valence-corrected chi connectivity index (χ1v) is 9.40. The summed E-state index contributed by atoms with van der Waals surface area (Å²) in [6.45, 7) is 0.993. The van der Waals surface area contributed by atoms with Crippen molar-refractivity contribution in [3.8, 4) is 0 Å². The van der Waals surface area contributed by atoms with Crippen LogP contribution in [0.25, 0.3) is 0 Å². The molecule has 1 N–H and O–H groups in total. The van der Waals surface area contributed by atoms with Gasteiger partial charge >= 0.3 is 5.97 Å². The number of carbonyl (C=O) groups excluding carboxylic acids is 3. The Morgan fingerprint density at radius 1 is 1.04 bits per heavy atom. The quantitative estimate of drug-likeness (QED) is 0.795. The molecule has 2 aromatic rings. The van der Waals surface area contributed by atoms with Crippen LogP contribution in [0, 0.1) is 5.92 Å². The number of amides is 2. The molecular weight excluding hydrogens is 380 g/mol. The van der Waals surface area contributed by atoms with Gasteiger partial charge in [-0.1, -0.05) is 11.6 Å². The van der Waals surface area contributed by atoms with E-state index in [0.717, 1.165) is 12.8 Å². The van der Waals surface area contributed by atoms with Crippen molar-refractivity contribution in [3.05, 3.63) is 64.7 Å². The highest BCUT2D eigenvalue weighted by atomic mass is 35.5. The van der Waals surface area contributed by atoms with Gasteiger partial charge in [0.15, 0.2) is 0 Å². The molecule has 1 atom stereocenters. The fourth-order valence-corrected chi connectivity index (χ4v) is 3.33. The average Bonchev–Trinajstić information content (AvgIpc) is 2.74. The zero-order chi connectivity index (χ0) is 20.1. The summed E-state index contributed by atoms with van der Waals surface area (Å²) in [5.74, 6) is -0.956. The van der Waals surface area contributed by atoms with Crippen LogP contribution in [-0.2, 0) is 9.53 Å². The monoisotopic (exact) mass is 400 g/mol. The summed E-state index contributed by atoms with van der Waals surface area (Å²) >= 11 is 5.88. The second kappa shape index (κ2) is 8.89. The number of nitrogens with one attached hydrogen (secondary N) is 1. The van der Waals surface area contributed by atoms with Crippen molar-refractivity contribution in [2.45, 2.75) is 12.8 Å². The van der Waals surface area contributed by atoms with Crippen LogP contribution in [-0.4, -0.2) is 42.9 Å². The number of likely N-dealkylation sites (tertiary alicyclic amines) is 1. The molecule has 1 fully saturated rings. The molecule has 6 nitrogen and oxygen atoms in total. The minimum atomic E-state index is -0.429. The van der Waals surface area contributed by atoms with E-state index < -0.39 is 5.97 Å². The van der Waals surface area contributed by atoms with E-state index >= 15 is 0 Å². The van der Waals surface area contributed by atoms with Gasteiger partial charge in [0.25, 0.3) is 5.91 Å². The fraction of sp³-hybridized carbons (Fsp3) is 0.286. The molecule has 7 heteroatoms. The SMILES string of the molecule is COC(=O)c1ccc(NC(=O)C2CCCN(C(=O)c3ccc(Cl)cc3)C2)cc1. The van der Waals surface area contributed by atoms with E-state index in [2.05, 4.69) is 10.1 Å². The van der Waals surface area contributed by atoms with E-state index in [9.17, 15) is 14.4 Å². The molecule has 3 rings (SSSR count). The highest BCUT2D eigenvalue weighted by Gasteiger charge is 2.29. The molecular formula is C21H21ClN2O4. The molecule has 2 amide bonds. The summed E-state index contributed by atoms with van der Waals surface area (Å²) in [6.07, 6.45) is 1.48. The van der Waals surface area contributed by atoms with Gasteiger partial charge in [-0.3, -0.25) is 9.59 Å². The number of piperidine rings is 1. The number of ether oxygens (including phenoxy) is 1. The van der Waals surface area contributed by atoms with E-state index in [1.54, 1.807) is 53.4 Å². The second-order valence-electron chi connectivity index (χ2n) is 6.66. The van der Waals surface area contributed by atoms with Crippen LogP contribution in [0.2, 0.25) is 5.02 Å². The standard InChI is InChI=1S/C21H21ClN2O4/c1-28-21(27)15-6-10-18(11-7-15)23-19(25)16-3-2-12-24(13-16)20(26)14-4-8-17(22)9-5-14/h4-11,16H,2-3,12-13H2,1H3,(H,23,25). The molecule has 2 aromatic carbocycles. The molecule has 0 saturated carbocycles. The second-order valence-corrected chi connectivity index (χ2v) is 7.09. The van der Waals surface area contributed by atoms with Crippen molar-refractivity contribution in [1.82, 2.24) is 4.90 Å². The van der Waals surface area contributed by atoms with Gasteiger partial charge in [0.2, 0.25) is 5.91 Å². The zero-order valence-corrected chi connectivity index (χ0v) is 16.2. The van der Waals surface area contributed by atoms with Crippen LogP contribution in [0.1, 0.15) is 33.6 Å². The van der Waals surface area contributed by atoms with Crippen molar-refractivity contribution >= 4 is 35.1 Å². The molecule has 146 valence electrons. The van der Waals surface area contributed by atoms with Gasteiger partial charge in [0.05, 0.1) is 18.6 Å². The van der Waals surface area contributed by atoms with Gasteiger partial charge < -0.3 is 15.0 Å². The van der Waals surface area contributed by atoms with E-state index in [0.29, 0.717) is 34.9 Å². The Kier molecular flexibility index (Phi) is 6.31. The number of halogens is 1. The lowest BCUT2D eigenvalue weighted by molar-refractivity contribution is -0.121. The van der Waals surface area contributed by atoms with Crippen LogP contribution in [0.4, 0.5) is 5.69 Å². The molecule has 0 bridgehead atoms. The number of benzene rings is 2. The third kappa shape index (κ3) is 4.70. The number of methoxy groups -OCH3 is 1. The van der Waals surface area contributed by atoms with Crippen molar-refractivity contribution in [2.24, 2.45) is 5.92 Å². The maximum absolute atomic E-state index is 12.7. The van der Waals surface area contributed by atoms with Gasteiger partial charge in [0.1, 0.15) is 0 Å². The lowest BCUT2D eigenvalue weighted by Crippen LogP contribution is -2.43. The van der Waals surface area contributed by atoms with Crippen LogP contribution >= 0.6 is 11.6 Å². The molecule has 1 aliphatic heterocycles. The summed E-state index contributed by atoms with van der Waals surface area (Å²) in [4.78, 5) is 38.5. The zero-order valence-electron chi connectivity index (χ0n) is 15.5. The molecule has 1 aliphatic rings. The Morgan fingerprint density at radius 3 is 2.32 bits per heavy atom. The van der Waals surface area contributed by atoms with Crippen molar-refractivity contribution in [3.63, 3.8) is 0 Å². The summed E-state index contributed by atoms with van der Waals surface area (Å²) in [6, 6.07) is 13.3. The average molecular weight is 401 g/mol. The molecule has 1 saturated heterocycles. The van der Waals surface area contributed by atoms with Crippen molar-refractivity contribution < 1.29 is 19.1 Å². The van der Waals surface area contributed by atoms with Gasteiger partial charge in [-0.15, -0.1) is 0 Å². The van der Waals surface area contributed by atoms with E-state index in [4.69, 9.17) is 11.6 Å². The Hall–Kier alpha value is -2.86. The first-order valence-electron chi connectivity index (χ1n) is 9.02. The Labute approximate surface area is 168 Å². The molecule has 28 heavy (non-hydrogen) atoms. The van der Waals surface area contributed by atoms with Gasteiger partial charge in [0, 0.05) is 29.4 Å². The minimum Gasteiger partial charge on any atom is -0.465 e. The summed E-state index contributed by atoms with van der Waals surface area (Å²) < 4.78 is 4.66. The lowest BCUT2D eigenvalue weighted by atomic mass is 9.96. The first kappa shape index (κ1) is 19.9. The highest BCUT2D eigenvalue weighted by Crippen LogP contribution is 2.21. The Balaban J connectivity index is 1.61. The largest absolute Gasteiger partial charge is 0.465 e. The normalized spacial score (nSPS) is 16.4. The maximum Gasteiger partial charge on any atom is 0.337 e. The van der Waals surface area contributed by atoms with Crippen molar-refractivity contribution in [2.75, 3.05) is 25.5 Å². The summed E-state index contributed by atoms with van der Waals surface area (Å²) in [7, 11) is 1.32. The molecule has 0 aromatic heterocycles. The third-order valence-corrected chi connectivity index (χ3v) is 5.00. The van der Waals surface area contributed by atoms with E-state index in [1.165, 1.54) is 7.11 Å². The van der Waals surface area contributed by atoms with Crippen LogP contribution in [0.15, 0.2) is 48.5 Å². The number of hydrogen-bond acceptors (Lipinski definition) is 4. The van der Waals surface area contributed by atoms with Crippen LogP contribution in [0.5, 0.6) is 0 Å². The topological polar surface area (TPSA) is 75.7 Å². The van der Waals surface area contributed by atoms with E-state index in [1.807, 2.05) is 0 Å². The maximum atomic E-state index is 12.7. The van der Waals surface area contributed by atoms with Crippen molar-refractivity contribution in [1.29, 1.82) is 0 Å². The molecule has 1 unspecified atom stereocenters. The van der Waals surface area contributed by atoms with Crippen LogP contribution < -0.4 is 5.32 Å². The number of nitrogens with zero attached hydrogens (tertiary/aromatic N) is 1. The highest BCUT2D eigenvalue weighted by molar-refractivity contribution is 6.30. The molecule has 0 spiro atoms. The van der Waals surface area contributed by atoms with Gasteiger partial charge in [-0.2, -0.15) is 0 Å². The number of esters is 1. The molecule has 1 heterocycles. The number of hydrogen-bond donors (Lipinski definition) is 1.